The Kier molecular flexibility index (Phi) is 5.42. The Morgan fingerprint density at radius 2 is 1.91 bits per heavy atom. The maximum Gasteiger partial charge on any atom is 0.410 e. The van der Waals surface area contributed by atoms with Crippen LogP contribution in [0, 0.1) is 0 Å². The molecule has 1 fully saturated rings. The van der Waals surface area contributed by atoms with Crippen molar-refractivity contribution in [2.24, 2.45) is 0 Å². The summed E-state index contributed by atoms with van der Waals surface area (Å²) in [6, 6.07) is 9.75. The second-order valence-electron chi connectivity index (χ2n) is 7.10. The van der Waals surface area contributed by atoms with Gasteiger partial charge in [-0.15, -0.1) is 0 Å². The fourth-order valence-corrected chi connectivity index (χ4v) is 2.77. The van der Waals surface area contributed by atoms with Crippen LogP contribution in [0.1, 0.15) is 33.3 Å². The highest BCUT2D eigenvalue weighted by Gasteiger charge is 2.36. The number of carbonyl (C=O) groups excluding carboxylic acids is 2. The molecule has 1 aromatic carbocycles. The largest absolute Gasteiger partial charge is 0.444 e. The fraction of sp³-hybridized carbons (Fsp3) is 0.556. The highest BCUT2D eigenvalue weighted by Crippen LogP contribution is 2.20. The molecule has 5 heteroatoms. The normalized spacial score (nSPS) is 22.7. The summed E-state index contributed by atoms with van der Waals surface area (Å²) in [5, 5.41) is 0. The molecule has 1 saturated heterocycles. The minimum absolute atomic E-state index is 0.00441. The van der Waals surface area contributed by atoms with Gasteiger partial charge < -0.3 is 14.4 Å². The van der Waals surface area contributed by atoms with E-state index in [0.717, 1.165) is 11.8 Å². The third-order valence-electron chi connectivity index (χ3n) is 3.90. The molecule has 23 heavy (non-hydrogen) atoms. The molecule has 0 aromatic heterocycles. The van der Waals surface area contributed by atoms with Gasteiger partial charge >= 0.3 is 6.09 Å². The molecule has 0 N–H and O–H groups in total. The number of carbonyl (C=O) groups is 2. The molecule has 0 saturated carbocycles. The second kappa shape index (κ2) is 7.13. The van der Waals surface area contributed by atoms with Crippen LogP contribution in [-0.4, -0.2) is 53.0 Å². The van der Waals surface area contributed by atoms with Crippen molar-refractivity contribution >= 4 is 12.4 Å². The zero-order valence-electron chi connectivity index (χ0n) is 14.4. The van der Waals surface area contributed by atoms with Crippen LogP contribution in [0.3, 0.4) is 0 Å². The van der Waals surface area contributed by atoms with Gasteiger partial charge in [0.25, 0.3) is 0 Å². The van der Waals surface area contributed by atoms with E-state index in [2.05, 4.69) is 4.90 Å². The molecule has 1 aliphatic heterocycles. The molecule has 2 atom stereocenters. The van der Waals surface area contributed by atoms with E-state index in [4.69, 9.17) is 4.74 Å². The van der Waals surface area contributed by atoms with Gasteiger partial charge in [-0.25, -0.2) is 4.79 Å². The van der Waals surface area contributed by atoms with Crippen molar-refractivity contribution in [1.29, 1.82) is 0 Å². The molecule has 2 rings (SSSR count). The topological polar surface area (TPSA) is 49.9 Å². The van der Waals surface area contributed by atoms with Gasteiger partial charge in [0.1, 0.15) is 11.9 Å². The van der Waals surface area contributed by atoms with Crippen molar-refractivity contribution < 1.29 is 14.3 Å². The Morgan fingerprint density at radius 3 is 2.48 bits per heavy atom. The average molecular weight is 318 g/mol. The van der Waals surface area contributed by atoms with Gasteiger partial charge in [0, 0.05) is 25.7 Å². The van der Waals surface area contributed by atoms with Crippen molar-refractivity contribution in [3.8, 4) is 0 Å². The van der Waals surface area contributed by atoms with Crippen LogP contribution in [0.5, 0.6) is 0 Å². The van der Waals surface area contributed by atoms with Crippen LogP contribution < -0.4 is 0 Å². The van der Waals surface area contributed by atoms with Crippen molar-refractivity contribution in [2.45, 2.75) is 51.9 Å². The molecule has 1 aromatic rings. The van der Waals surface area contributed by atoms with Gasteiger partial charge in [-0.05, 0) is 33.3 Å². The molecule has 126 valence electrons. The number of hydrogen-bond donors (Lipinski definition) is 0. The molecule has 1 heterocycles. The predicted octanol–water partition coefficient (Wildman–Crippen LogP) is 2.70. The van der Waals surface area contributed by atoms with Crippen molar-refractivity contribution in [3.63, 3.8) is 0 Å². The molecular formula is C18H26N2O3. The van der Waals surface area contributed by atoms with E-state index in [1.165, 1.54) is 0 Å². The summed E-state index contributed by atoms with van der Waals surface area (Å²) < 4.78 is 5.45. The molecular weight excluding hydrogens is 292 g/mol. The minimum Gasteiger partial charge on any atom is -0.444 e. The third-order valence-corrected chi connectivity index (χ3v) is 3.90. The SMILES string of the molecule is CC1CN(Cc2ccccc2)C(C=O)CN1C(=O)OC(C)(C)C. The van der Waals surface area contributed by atoms with Gasteiger partial charge in [0.15, 0.2) is 0 Å². The van der Waals surface area contributed by atoms with Gasteiger partial charge in [0.2, 0.25) is 0 Å². The lowest BCUT2D eigenvalue weighted by atomic mass is 10.1. The predicted molar refractivity (Wildman–Crippen MR) is 89.1 cm³/mol. The first-order chi connectivity index (χ1) is 10.8. The monoisotopic (exact) mass is 318 g/mol. The number of aldehydes is 1. The lowest BCUT2D eigenvalue weighted by molar-refractivity contribution is -0.115. The average Bonchev–Trinajstić information content (AvgIpc) is 2.46. The fourth-order valence-electron chi connectivity index (χ4n) is 2.77. The lowest BCUT2D eigenvalue weighted by Crippen LogP contribution is -2.59. The molecule has 1 aliphatic rings. The third kappa shape index (κ3) is 4.79. The Bertz CT molecular complexity index is 539. The summed E-state index contributed by atoms with van der Waals surface area (Å²) in [6.45, 7) is 9.25. The quantitative estimate of drug-likeness (QED) is 0.804. The zero-order chi connectivity index (χ0) is 17.0. The summed E-state index contributed by atoms with van der Waals surface area (Å²) in [6.07, 6.45) is 0.572. The molecule has 0 bridgehead atoms. The first-order valence-corrected chi connectivity index (χ1v) is 8.03. The van der Waals surface area contributed by atoms with Crippen LogP contribution in [0.25, 0.3) is 0 Å². The number of piperazine rings is 1. The van der Waals surface area contributed by atoms with Gasteiger partial charge in [-0.3, -0.25) is 4.90 Å². The Labute approximate surface area is 138 Å². The first-order valence-electron chi connectivity index (χ1n) is 8.03. The molecule has 2 unspecified atom stereocenters. The van der Waals surface area contributed by atoms with Gasteiger partial charge in [-0.1, -0.05) is 30.3 Å². The van der Waals surface area contributed by atoms with Crippen LogP contribution in [0.2, 0.25) is 0 Å². The summed E-state index contributed by atoms with van der Waals surface area (Å²) in [5.41, 5.74) is 0.631. The number of ether oxygens (including phenoxy) is 1. The lowest BCUT2D eigenvalue weighted by Gasteiger charge is -2.43. The number of benzene rings is 1. The molecule has 0 aliphatic carbocycles. The van der Waals surface area contributed by atoms with E-state index in [-0.39, 0.29) is 18.2 Å². The molecule has 0 radical (unpaired) electrons. The smallest absolute Gasteiger partial charge is 0.410 e. The van der Waals surface area contributed by atoms with E-state index in [0.29, 0.717) is 19.6 Å². The van der Waals surface area contributed by atoms with E-state index in [1.807, 2.05) is 58.0 Å². The number of hydrogen-bond acceptors (Lipinski definition) is 4. The maximum absolute atomic E-state index is 12.3. The number of rotatable bonds is 3. The highest BCUT2D eigenvalue weighted by molar-refractivity contribution is 5.70. The van der Waals surface area contributed by atoms with Crippen LogP contribution in [0.4, 0.5) is 4.79 Å². The van der Waals surface area contributed by atoms with E-state index >= 15 is 0 Å². The summed E-state index contributed by atoms with van der Waals surface area (Å²) >= 11 is 0. The van der Waals surface area contributed by atoms with Crippen LogP contribution in [0.15, 0.2) is 30.3 Å². The number of amides is 1. The zero-order valence-corrected chi connectivity index (χ0v) is 14.4. The highest BCUT2D eigenvalue weighted by atomic mass is 16.6. The van der Waals surface area contributed by atoms with E-state index in [1.54, 1.807) is 4.90 Å². The Hall–Kier alpha value is -1.88. The second-order valence-corrected chi connectivity index (χ2v) is 7.10. The summed E-state index contributed by atoms with van der Waals surface area (Å²) in [5.74, 6) is 0. The van der Waals surface area contributed by atoms with Crippen LogP contribution in [-0.2, 0) is 16.1 Å². The van der Waals surface area contributed by atoms with Gasteiger partial charge in [-0.2, -0.15) is 0 Å². The molecule has 0 spiro atoms. The Balaban J connectivity index is 2.05. The van der Waals surface area contributed by atoms with Gasteiger partial charge in [0.05, 0.1) is 6.04 Å². The van der Waals surface area contributed by atoms with E-state index in [9.17, 15) is 9.59 Å². The van der Waals surface area contributed by atoms with E-state index < -0.39 is 5.60 Å². The summed E-state index contributed by atoms with van der Waals surface area (Å²) in [4.78, 5) is 27.6. The molecule has 5 nitrogen and oxygen atoms in total. The van der Waals surface area contributed by atoms with Crippen molar-refractivity contribution in [2.75, 3.05) is 13.1 Å². The number of nitrogens with zero attached hydrogens (tertiary/aromatic N) is 2. The minimum atomic E-state index is -0.533. The summed E-state index contributed by atoms with van der Waals surface area (Å²) in [7, 11) is 0. The maximum atomic E-state index is 12.3. The Morgan fingerprint density at radius 1 is 1.26 bits per heavy atom. The van der Waals surface area contributed by atoms with Crippen LogP contribution >= 0.6 is 0 Å². The van der Waals surface area contributed by atoms with Crippen molar-refractivity contribution in [3.05, 3.63) is 35.9 Å². The standard InChI is InChI=1S/C18H26N2O3/c1-14-10-19(11-15-8-6-5-7-9-15)16(13-21)12-20(14)17(22)23-18(2,3)4/h5-9,13-14,16H,10-12H2,1-4H3. The molecule has 1 amide bonds. The first kappa shape index (κ1) is 17.5. The van der Waals surface area contributed by atoms with Crippen molar-refractivity contribution in [1.82, 2.24) is 9.80 Å².